The van der Waals surface area contributed by atoms with Crippen LogP contribution in [0.5, 0.6) is 11.5 Å². The maximum absolute atomic E-state index is 12.5. The molecule has 0 unspecified atom stereocenters. The van der Waals surface area contributed by atoms with Gasteiger partial charge in [0.2, 0.25) is 0 Å². The molecule has 1 N–H and O–H groups in total. The summed E-state index contributed by atoms with van der Waals surface area (Å²) < 4.78 is 7.02. The molecule has 152 valence electrons. The number of carbonyl (C=O) groups excluding carboxylic acids is 1. The van der Waals surface area contributed by atoms with Crippen LogP contribution < -0.4 is 4.74 Å². The van der Waals surface area contributed by atoms with Gasteiger partial charge in [0.25, 0.3) is 5.91 Å². The fraction of sp³-hybridized carbons (Fsp3) is 0.550. The first-order valence-electron chi connectivity index (χ1n) is 9.85. The van der Waals surface area contributed by atoms with Crippen molar-refractivity contribution in [2.24, 2.45) is 0 Å². The number of aromatic hydroxyl groups is 1. The van der Waals surface area contributed by atoms with Gasteiger partial charge in [0, 0.05) is 31.7 Å². The highest BCUT2D eigenvalue weighted by molar-refractivity contribution is 5.91. The van der Waals surface area contributed by atoms with Crippen molar-refractivity contribution >= 4 is 5.91 Å². The number of phenols is 1. The lowest BCUT2D eigenvalue weighted by Gasteiger charge is -2.32. The molecule has 1 aliphatic rings. The van der Waals surface area contributed by atoms with Crippen molar-refractivity contribution in [1.29, 1.82) is 0 Å². The number of benzene rings is 1. The van der Waals surface area contributed by atoms with Crippen LogP contribution in [0.2, 0.25) is 0 Å². The molecule has 3 rings (SSSR count). The van der Waals surface area contributed by atoms with Gasteiger partial charge in [-0.3, -0.25) is 9.69 Å². The maximum Gasteiger partial charge on any atom is 0.276 e. The molecule has 8 nitrogen and oxygen atoms in total. The summed E-state index contributed by atoms with van der Waals surface area (Å²) in [5.74, 6) is 0.604. The van der Waals surface area contributed by atoms with Crippen LogP contribution in [0.1, 0.15) is 48.8 Å². The van der Waals surface area contributed by atoms with E-state index in [1.807, 2.05) is 30.7 Å². The SMILES string of the molecule is CCN(CC)C(=O)c1cn([C@H]2CCCN(Cc3cccc(OC)c3O)C2)nn1. The van der Waals surface area contributed by atoms with E-state index in [0.717, 1.165) is 31.5 Å². The number of para-hydroxylation sites is 1. The average Bonchev–Trinajstić information content (AvgIpc) is 3.21. The molecule has 0 bridgehead atoms. The number of carbonyl (C=O) groups is 1. The van der Waals surface area contributed by atoms with Crippen molar-refractivity contribution < 1.29 is 14.6 Å². The first-order valence-corrected chi connectivity index (χ1v) is 9.85. The molecule has 1 aromatic heterocycles. The summed E-state index contributed by atoms with van der Waals surface area (Å²) in [6.45, 7) is 7.61. The Labute approximate surface area is 165 Å². The van der Waals surface area contributed by atoms with E-state index in [9.17, 15) is 9.90 Å². The normalized spacial score (nSPS) is 17.5. The number of nitrogens with zero attached hydrogens (tertiary/aromatic N) is 5. The van der Waals surface area contributed by atoms with E-state index in [1.165, 1.54) is 0 Å². The number of piperidine rings is 1. The fourth-order valence-electron chi connectivity index (χ4n) is 3.72. The summed E-state index contributed by atoms with van der Waals surface area (Å²) in [7, 11) is 1.55. The van der Waals surface area contributed by atoms with E-state index >= 15 is 0 Å². The number of phenolic OH excluding ortho intramolecular Hbond substituents is 1. The van der Waals surface area contributed by atoms with E-state index in [2.05, 4.69) is 15.2 Å². The molecular formula is C20H29N5O3. The molecule has 0 saturated carbocycles. The molecule has 28 heavy (non-hydrogen) atoms. The van der Waals surface area contributed by atoms with E-state index in [4.69, 9.17) is 4.74 Å². The number of methoxy groups -OCH3 is 1. The van der Waals surface area contributed by atoms with Crippen molar-refractivity contribution in [3.63, 3.8) is 0 Å². The smallest absolute Gasteiger partial charge is 0.276 e. The third-order valence-corrected chi connectivity index (χ3v) is 5.33. The summed E-state index contributed by atoms with van der Waals surface area (Å²) in [5.41, 5.74) is 1.24. The minimum atomic E-state index is -0.0785. The van der Waals surface area contributed by atoms with Gasteiger partial charge in [0.15, 0.2) is 17.2 Å². The number of aromatic nitrogens is 3. The Balaban J connectivity index is 1.68. The Morgan fingerprint density at radius 1 is 1.36 bits per heavy atom. The van der Waals surface area contributed by atoms with Gasteiger partial charge in [0.05, 0.1) is 19.3 Å². The third kappa shape index (κ3) is 4.27. The van der Waals surface area contributed by atoms with Gasteiger partial charge in [-0.25, -0.2) is 4.68 Å². The van der Waals surface area contributed by atoms with Gasteiger partial charge in [-0.15, -0.1) is 5.10 Å². The Morgan fingerprint density at radius 2 is 2.14 bits per heavy atom. The Morgan fingerprint density at radius 3 is 2.86 bits per heavy atom. The molecule has 0 radical (unpaired) electrons. The number of hydrogen-bond donors (Lipinski definition) is 1. The summed E-state index contributed by atoms with van der Waals surface area (Å²) in [6.07, 6.45) is 3.77. The van der Waals surface area contributed by atoms with Crippen LogP contribution in [-0.4, -0.2) is 69.1 Å². The molecular weight excluding hydrogens is 358 g/mol. The topological polar surface area (TPSA) is 83.7 Å². The largest absolute Gasteiger partial charge is 0.504 e. The highest BCUT2D eigenvalue weighted by atomic mass is 16.5. The van der Waals surface area contributed by atoms with Crippen molar-refractivity contribution in [3.05, 3.63) is 35.7 Å². The summed E-state index contributed by atoms with van der Waals surface area (Å²) in [5, 5.41) is 18.7. The molecule has 1 amide bonds. The highest BCUT2D eigenvalue weighted by Crippen LogP contribution is 2.31. The molecule has 0 aliphatic carbocycles. The van der Waals surface area contributed by atoms with Gasteiger partial charge in [0.1, 0.15) is 0 Å². The minimum Gasteiger partial charge on any atom is -0.504 e. The van der Waals surface area contributed by atoms with Crippen molar-refractivity contribution in [2.45, 2.75) is 39.3 Å². The summed E-state index contributed by atoms with van der Waals surface area (Å²) in [6, 6.07) is 5.71. The number of ether oxygens (including phenoxy) is 1. The standard InChI is InChI=1S/C20H29N5O3/c1-4-24(5-2)20(27)17-14-25(22-21-17)16-9-7-11-23(13-16)12-15-8-6-10-18(28-3)19(15)26/h6,8,10,14,16,26H,4-5,7,9,11-13H2,1-3H3/t16-/m0/s1. The molecule has 1 saturated heterocycles. The van der Waals surface area contributed by atoms with E-state index < -0.39 is 0 Å². The van der Waals surface area contributed by atoms with Crippen LogP contribution >= 0.6 is 0 Å². The quantitative estimate of drug-likeness (QED) is 0.785. The van der Waals surface area contributed by atoms with Crippen molar-refractivity contribution in [1.82, 2.24) is 24.8 Å². The number of likely N-dealkylation sites (tertiary alicyclic amines) is 1. The van der Waals surface area contributed by atoms with E-state index in [1.54, 1.807) is 24.3 Å². The molecule has 2 heterocycles. The molecule has 1 atom stereocenters. The maximum atomic E-state index is 12.5. The molecule has 2 aromatic rings. The zero-order valence-corrected chi connectivity index (χ0v) is 16.8. The molecule has 0 spiro atoms. The average molecular weight is 387 g/mol. The number of amides is 1. The van der Waals surface area contributed by atoms with Crippen LogP contribution in [0.25, 0.3) is 0 Å². The van der Waals surface area contributed by atoms with Gasteiger partial charge in [-0.05, 0) is 39.3 Å². The van der Waals surface area contributed by atoms with Crippen LogP contribution in [0, 0.1) is 0 Å². The lowest BCUT2D eigenvalue weighted by atomic mass is 10.0. The molecule has 8 heteroatoms. The third-order valence-electron chi connectivity index (χ3n) is 5.33. The second kappa shape index (κ2) is 9.05. The van der Waals surface area contributed by atoms with Gasteiger partial charge >= 0.3 is 0 Å². The zero-order valence-electron chi connectivity index (χ0n) is 16.8. The van der Waals surface area contributed by atoms with Gasteiger partial charge in [-0.1, -0.05) is 17.3 Å². The van der Waals surface area contributed by atoms with Crippen molar-refractivity contribution in [2.75, 3.05) is 33.3 Å². The summed E-state index contributed by atoms with van der Waals surface area (Å²) in [4.78, 5) is 16.5. The number of rotatable bonds is 7. The first kappa shape index (κ1) is 20.1. The Kier molecular flexibility index (Phi) is 6.51. The van der Waals surface area contributed by atoms with E-state index in [-0.39, 0.29) is 17.7 Å². The minimum absolute atomic E-state index is 0.0785. The van der Waals surface area contributed by atoms with Crippen LogP contribution in [0.15, 0.2) is 24.4 Å². The number of hydrogen-bond acceptors (Lipinski definition) is 6. The van der Waals surface area contributed by atoms with Gasteiger partial charge in [-0.2, -0.15) is 0 Å². The lowest BCUT2D eigenvalue weighted by molar-refractivity contribution is 0.0767. The summed E-state index contributed by atoms with van der Waals surface area (Å²) >= 11 is 0. The second-order valence-electron chi connectivity index (χ2n) is 7.06. The van der Waals surface area contributed by atoms with Gasteiger partial charge < -0.3 is 14.7 Å². The fourth-order valence-corrected chi connectivity index (χ4v) is 3.72. The second-order valence-corrected chi connectivity index (χ2v) is 7.06. The molecule has 1 aliphatic heterocycles. The van der Waals surface area contributed by atoms with Crippen LogP contribution in [0.4, 0.5) is 0 Å². The predicted molar refractivity (Wildman–Crippen MR) is 105 cm³/mol. The zero-order chi connectivity index (χ0) is 20.1. The van der Waals surface area contributed by atoms with E-state index in [0.29, 0.717) is 31.1 Å². The molecule has 1 aromatic carbocycles. The first-order chi connectivity index (χ1) is 13.6. The van der Waals surface area contributed by atoms with Crippen molar-refractivity contribution in [3.8, 4) is 11.5 Å². The Bertz CT molecular complexity index is 803. The Hall–Kier alpha value is -2.61. The van der Waals surface area contributed by atoms with Crippen LogP contribution in [-0.2, 0) is 6.54 Å². The molecule has 1 fully saturated rings. The monoisotopic (exact) mass is 387 g/mol. The lowest BCUT2D eigenvalue weighted by Crippen LogP contribution is -2.36. The predicted octanol–water partition coefficient (Wildman–Crippen LogP) is 2.31. The highest BCUT2D eigenvalue weighted by Gasteiger charge is 2.25. The van der Waals surface area contributed by atoms with Crippen LogP contribution in [0.3, 0.4) is 0 Å².